The van der Waals surface area contributed by atoms with E-state index in [1.54, 1.807) is 36.4 Å². The van der Waals surface area contributed by atoms with E-state index in [9.17, 15) is 22.4 Å². The number of carbonyl (C=O) groups excluding carboxylic acids is 2. The van der Waals surface area contributed by atoms with Crippen molar-refractivity contribution >= 4 is 38.6 Å². The normalized spacial score (nSPS) is 16.5. The Kier molecular flexibility index (Phi) is 4.75. The van der Waals surface area contributed by atoms with Gasteiger partial charge in [0.2, 0.25) is 0 Å². The van der Waals surface area contributed by atoms with Gasteiger partial charge in [-0.3, -0.25) is 9.59 Å². The van der Waals surface area contributed by atoms with E-state index in [0.29, 0.717) is 47.4 Å². The van der Waals surface area contributed by atoms with E-state index in [0.717, 1.165) is 4.31 Å². The molecule has 2 N–H and O–H groups in total. The first kappa shape index (κ1) is 21.5. The van der Waals surface area contributed by atoms with Crippen molar-refractivity contribution in [1.29, 1.82) is 0 Å². The Morgan fingerprint density at radius 1 is 1.11 bits per heavy atom. The zero-order valence-corrected chi connectivity index (χ0v) is 19.1. The van der Waals surface area contributed by atoms with Gasteiger partial charge in [-0.1, -0.05) is 18.2 Å². The molecule has 0 unspecified atom stereocenters. The van der Waals surface area contributed by atoms with Gasteiger partial charge in [0.1, 0.15) is 16.5 Å². The minimum absolute atomic E-state index is 0.0923. The van der Waals surface area contributed by atoms with Gasteiger partial charge in [0.05, 0.1) is 16.6 Å². The number of nitrogens with zero attached hydrogens (tertiary/aromatic N) is 2. The van der Waals surface area contributed by atoms with Crippen molar-refractivity contribution in [2.24, 2.45) is 0 Å². The van der Waals surface area contributed by atoms with Crippen LogP contribution in [0, 0.1) is 5.82 Å². The number of aromatic nitrogens is 2. The van der Waals surface area contributed by atoms with Crippen LogP contribution < -0.4 is 5.32 Å². The van der Waals surface area contributed by atoms with Gasteiger partial charge in [0, 0.05) is 23.7 Å². The van der Waals surface area contributed by atoms with E-state index in [1.807, 2.05) is 0 Å². The predicted molar refractivity (Wildman–Crippen MR) is 126 cm³/mol. The summed E-state index contributed by atoms with van der Waals surface area (Å²) in [6, 6.07) is 15.4. The number of benzene rings is 3. The molecule has 0 bridgehead atoms. The number of anilines is 1. The Hall–Kier alpha value is -4.05. The number of rotatable bonds is 5. The van der Waals surface area contributed by atoms with E-state index in [2.05, 4.69) is 15.3 Å². The fourth-order valence-electron chi connectivity index (χ4n) is 4.31. The molecule has 35 heavy (non-hydrogen) atoms. The molecule has 3 aromatic carbocycles. The summed E-state index contributed by atoms with van der Waals surface area (Å²) in [5.74, 6) is -0.766. The van der Waals surface area contributed by atoms with Gasteiger partial charge in [-0.25, -0.2) is 22.1 Å². The summed E-state index contributed by atoms with van der Waals surface area (Å²) in [5, 5.41) is 2.75. The molecule has 1 fully saturated rings. The van der Waals surface area contributed by atoms with Crippen LogP contribution in [0.3, 0.4) is 0 Å². The molecular weight excluding hydrogens is 471 g/mol. The topological polar surface area (TPSA) is 112 Å². The lowest BCUT2D eigenvalue weighted by Gasteiger charge is -2.13. The predicted octanol–water partition coefficient (Wildman–Crippen LogP) is 3.85. The van der Waals surface area contributed by atoms with Crippen LogP contribution in [0.2, 0.25) is 0 Å². The lowest BCUT2D eigenvalue weighted by molar-refractivity contribution is 0.0864. The van der Waals surface area contributed by atoms with E-state index in [1.165, 1.54) is 24.3 Å². The Bertz CT molecular complexity index is 1640. The molecule has 2 heterocycles. The Labute approximate surface area is 199 Å². The summed E-state index contributed by atoms with van der Waals surface area (Å²) < 4.78 is 40.6. The molecule has 2 amide bonds. The number of imidazole rings is 1. The van der Waals surface area contributed by atoms with Crippen LogP contribution >= 0.6 is 0 Å². The Morgan fingerprint density at radius 2 is 1.91 bits per heavy atom. The zero-order valence-electron chi connectivity index (χ0n) is 18.3. The van der Waals surface area contributed by atoms with Crippen LogP contribution in [0.4, 0.5) is 10.1 Å². The average molecular weight is 491 g/mol. The molecule has 1 aromatic heterocycles. The molecule has 0 radical (unpaired) electrons. The molecule has 1 aliphatic carbocycles. The number of carbonyl (C=O) groups is 2. The molecule has 8 nitrogen and oxygen atoms in total. The summed E-state index contributed by atoms with van der Waals surface area (Å²) in [4.78, 5) is 32.9. The third kappa shape index (κ3) is 3.66. The lowest BCUT2D eigenvalue weighted by Crippen LogP contribution is -2.31. The van der Waals surface area contributed by atoms with Crippen LogP contribution in [0.5, 0.6) is 0 Å². The quantitative estimate of drug-likeness (QED) is 0.441. The highest BCUT2D eigenvalue weighted by molar-refractivity contribution is 7.90. The minimum atomic E-state index is -3.95. The summed E-state index contributed by atoms with van der Waals surface area (Å²) >= 11 is 0. The fraction of sp³-hybridized carbons (Fsp3) is 0.160. The van der Waals surface area contributed by atoms with Gasteiger partial charge in [0.25, 0.3) is 21.8 Å². The average Bonchev–Trinajstić information content (AvgIpc) is 3.54. The number of fused-ring (bicyclic) bond motifs is 2. The maximum Gasteiger partial charge on any atom is 0.269 e. The van der Waals surface area contributed by atoms with Crippen LogP contribution in [0.25, 0.3) is 11.0 Å². The van der Waals surface area contributed by atoms with Gasteiger partial charge in [-0.05, 0) is 60.9 Å². The van der Waals surface area contributed by atoms with Crippen molar-refractivity contribution in [2.45, 2.75) is 30.2 Å². The van der Waals surface area contributed by atoms with Crippen molar-refractivity contribution in [3.8, 4) is 0 Å². The molecular formula is C25H19FN4O4S. The van der Waals surface area contributed by atoms with Gasteiger partial charge < -0.3 is 10.3 Å². The first-order valence-electron chi connectivity index (χ1n) is 11.1. The van der Waals surface area contributed by atoms with Crippen molar-refractivity contribution < 1.29 is 22.4 Å². The summed E-state index contributed by atoms with van der Waals surface area (Å²) in [5.41, 5.74) is 2.54. The first-order valence-corrected chi connectivity index (χ1v) is 12.5. The van der Waals surface area contributed by atoms with Crippen LogP contribution in [0.1, 0.15) is 44.9 Å². The molecule has 2 aliphatic rings. The largest absolute Gasteiger partial charge is 0.342 e. The van der Waals surface area contributed by atoms with Crippen molar-refractivity contribution in [3.63, 3.8) is 0 Å². The van der Waals surface area contributed by atoms with Crippen molar-refractivity contribution in [3.05, 3.63) is 89.0 Å². The van der Waals surface area contributed by atoms with Crippen LogP contribution in [-0.2, 0) is 16.4 Å². The molecule has 4 aromatic rings. The van der Waals surface area contributed by atoms with E-state index in [4.69, 9.17) is 0 Å². The standard InChI is InChI=1S/C25H19FN4O4S/c26-19-4-2-1-3-14(19)12-23-28-20-10-6-16(13-21(20)29-23)27-24(31)15-5-9-18-22(11-15)35(33,34)30(25(18)32)17-7-8-17/h1-6,9-11,13,17H,7-8,12H2,(H,27,31)(H,28,29). The van der Waals surface area contributed by atoms with Crippen LogP contribution in [0.15, 0.2) is 65.6 Å². The molecule has 176 valence electrons. The molecule has 1 aliphatic heterocycles. The second-order valence-electron chi connectivity index (χ2n) is 8.69. The number of H-pyrrole nitrogens is 1. The number of halogens is 1. The highest BCUT2D eigenvalue weighted by Crippen LogP contribution is 2.39. The smallest absolute Gasteiger partial charge is 0.269 e. The second kappa shape index (κ2) is 7.74. The molecule has 0 saturated heterocycles. The number of hydrogen-bond donors (Lipinski definition) is 2. The number of sulfonamides is 1. The monoisotopic (exact) mass is 490 g/mol. The maximum absolute atomic E-state index is 14.0. The van der Waals surface area contributed by atoms with E-state index >= 15 is 0 Å². The molecule has 10 heteroatoms. The SMILES string of the molecule is O=C(Nc1ccc2nc(Cc3ccccc3F)[nH]c2c1)c1ccc2c(c1)S(=O)(=O)N(C1CC1)C2=O. The minimum Gasteiger partial charge on any atom is -0.342 e. The number of aromatic amines is 1. The summed E-state index contributed by atoms with van der Waals surface area (Å²) in [6.45, 7) is 0. The lowest BCUT2D eigenvalue weighted by atomic mass is 10.1. The second-order valence-corrected chi connectivity index (χ2v) is 10.5. The highest BCUT2D eigenvalue weighted by atomic mass is 32.2. The Morgan fingerprint density at radius 3 is 2.69 bits per heavy atom. The molecule has 0 spiro atoms. The van der Waals surface area contributed by atoms with Crippen molar-refractivity contribution in [1.82, 2.24) is 14.3 Å². The maximum atomic E-state index is 14.0. The first-order chi connectivity index (χ1) is 16.8. The van der Waals surface area contributed by atoms with E-state index in [-0.39, 0.29) is 27.9 Å². The van der Waals surface area contributed by atoms with Gasteiger partial charge >= 0.3 is 0 Å². The number of nitrogens with one attached hydrogen (secondary N) is 2. The molecule has 1 saturated carbocycles. The Balaban J connectivity index is 1.24. The van der Waals surface area contributed by atoms with E-state index < -0.39 is 21.8 Å². The summed E-state index contributed by atoms with van der Waals surface area (Å²) in [6.07, 6.45) is 1.61. The number of hydrogen-bond acceptors (Lipinski definition) is 5. The summed E-state index contributed by atoms with van der Waals surface area (Å²) in [7, 11) is -3.95. The van der Waals surface area contributed by atoms with Gasteiger partial charge in [-0.2, -0.15) is 0 Å². The van der Waals surface area contributed by atoms with Gasteiger partial charge in [-0.15, -0.1) is 0 Å². The van der Waals surface area contributed by atoms with Crippen LogP contribution in [-0.4, -0.2) is 40.5 Å². The van der Waals surface area contributed by atoms with Gasteiger partial charge in [0.15, 0.2) is 0 Å². The molecule has 6 rings (SSSR count). The van der Waals surface area contributed by atoms with Crippen molar-refractivity contribution in [2.75, 3.05) is 5.32 Å². The highest BCUT2D eigenvalue weighted by Gasteiger charge is 2.48. The molecule has 0 atom stereocenters. The fourth-order valence-corrected chi connectivity index (χ4v) is 6.15. The third-order valence-electron chi connectivity index (χ3n) is 6.19. The third-order valence-corrected chi connectivity index (χ3v) is 8.07. The number of amides is 2. The zero-order chi connectivity index (χ0) is 24.3.